The van der Waals surface area contributed by atoms with E-state index in [0.717, 1.165) is 65.0 Å². The van der Waals surface area contributed by atoms with Crippen LogP contribution < -0.4 is 20.3 Å². The smallest absolute Gasteiger partial charge is 0.246 e. The molecule has 3 N–H and O–H groups in total. The first-order valence-corrected chi connectivity index (χ1v) is 25.3. The lowest BCUT2D eigenvalue weighted by molar-refractivity contribution is -0.196. The van der Waals surface area contributed by atoms with E-state index >= 15 is 0 Å². The highest BCUT2D eigenvalue weighted by atomic mass is 32.1. The average molecular weight is 975 g/mol. The fraction of sp³-hybridized carbons (Fsp3) is 0.537. The third-order valence-electron chi connectivity index (χ3n) is 14.7. The molecule has 0 radical (unpaired) electrons. The maximum absolute atomic E-state index is 14.1. The molecule has 3 fully saturated rings. The van der Waals surface area contributed by atoms with E-state index in [-0.39, 0.29) is 60.2 Å². The number of carbonyl (C=O) groups excluding carboxylic acids is 4. The van der Waals surface area contributed by atoms with Gasteiger partial charge in [-0.25, -0.2) is 9.97 Å². The number of hydrogen-bond donors (Lipinski definition) is 3. The van der Waals surface area contributed by atoms with Gasteiger partial charge in [-0.05, 0) is 79.1 Å². The van der Waals surface area contributed by atoms with E-state index < -0.39 is 35.4 Å². The van der Waals surface area contributed by atoms with Gasteiger partial charge in [0.1, 0.15) is 36.4 Å². The second-order valence-corrected chi connectivity index (χ2v) is 22.4. The number of anilines is 1. The Kier molecular flexibility index (Phi) is 15.9. The van der Waals surface area contributed by atoms with Crippen LogP contribution in [0.15, 0.2) is 66.3 Å². The number of carbonyl (C=O) groups is 4. The molecule has 4 atom stereocenters. The highest BCUT2D eigenvalue weighted by Crippen LogP contribution is 2.61. The van der Waals surface area contributed by atoms with Gasteiger partial charge in [0.25, 0.3) is 0 Å². The van der Waals surface area contributed by atoms with Crippen molar-refractivity contribution in [2.45, 2.75) is 112 Å². The first-order valence-electron chi connectivity index (χ1n) is 24.4. The number of pyridine rings is 1. The number of hydrogen-bond acceptors (Lipinski definition) is 13. The van der Waals surface area contributed by atoms with Crippen LogP contribution in [-0.2, 0) is 19.1 Å². The van der Waals surface area contributed by atoms with E-state index in [1.165, 1.54) is 4.90 Å². The van der Waals surface area contributed by atoms with Gasteiger partial charge in [-0.3, -0.25) is 24.1 Å². The predicted octanol–water partition coefficient (Wildman–Crippen LogP) is 6.90. The lowest BCUT2D eigenvalue weighted by Gasteiger charge is -2.63. The second-order valence-electron chi connectivity index (χ2n) is 21.6. The molecule has 16 heteroatoms. The third kappa shape index (κ3) is 11.5. The molecule has 3 aliphatic rings. The summed E-state index contributed by atoms with van der Waals surface area (Å²) in [7, 11) is 0. The Labute approximate surface area is 417 Å². The summed E-state index contributed by atoms with van der Waals surface area (Å²) in [6.07, 6.45) is 1.20. The standard InChI is InChI=1S/C54H70N8O7S/c1-33-25-41(17-15-38(33)28-55)69-51-53(7,8)44(54(51,9)10)27-43(64)39-16-18-45(56-29-39)61-21-19-60(20-22-61)23-24-68-31-46(65)59-48(52(4,5)6)50(67)62-30-40(63)26-42(62)49(66)58-34(2)36-11-13-37(14-12-36)47-35(3)57-32-70-47/h11-18,25,29,32,34,40,42,44,48,51,63H,19-24,26-27,30-31H2,1-10H3,(H,58,66)(H,59,65)/t34-,40+,42-,44?,48+,51?/m0/s1. The number of rotatable bonds is 17. The van der Waals surface area contributed by atoms with Crippen molar-refractivity contribution in [1.29, 1.82) is 5.26 Å². The van der Waals surface area contributed by atoms with E-state index in [1.54, 1.807) is 23.6 Å². The molecule has 1 saturated carbocycles. The minimum absolute atomic E-state index is 0.0138. The SMILES string of the molecule is Cc1cc(OC2C(C)(C)C(CC(=O)c3ccc(N4CCN(CCOCC(=O)N[C@H](C(=O)N5C[C@H](O)C[C@H]5C(=O)N[C@@H](C)c5ccc(-c6scnc6C)cc5)C(C)(C)C)CC4)nc3)C2(C)C)ccc1C#N. The summed E-state index contributed by atoms with van der Waals surface area (Å²) in [6.45, 7) is 23.7. The number of ketones is 1. The molecule has 2 saturated heterocycles. The molecule has 7 rings (SSSR count). The number of piperazine rings is 1. The Morgan fingerprint density at radius 3 is 2.26 bits per heavy atom. The fourth-order valence-corrected chi connectivity index (χ4v) is 11.6. The van der Waals surface area contributed by atoms with Gasteiger partial charge in [-0.1, -0.05) is 72.7 Å². The normalized spacial score (nSPS) is 21.8. The molecule has 2 aliphatic heterocycles. The summed E-state index contributed by atoms with van der Waals surface area (Å²) in [4.78, 5) is 70.7. The maximum atomic E-state index is 14.1. The van der Waals surface area contributed by atoms with Crippen LogP contribution in [0.1, 0.15) is 107 Å². The molecule has 0 spiro atoms. The van der Waals surface area contributed by atoms with Crippen molar-refractivity contribution in [2.75, 3.05) is 57.4 Å². The van der Waals surface area contributed by atoms with Crippen LogP contribution in [-0.4, -0.2) is 125 Å². The Morgan fingerprint density at radius 2 is 1.66 bits per heavy atom. The zero-order chi connectivity index (χ0) is 50.7. The summed E-state index contributed by atoms with van der Waals surface area (Å²) in [5, 5.41) is 25.9. The Bertz CT molecular complexity index is 2540. The van der Waals surface area contributed by atoms with E-state index in [9.17, 15) is 29.5 Å². The van der Waals surface area contributed by atoms with Crippen molar-refractivity contribution < 1.29 is 33.8 Å². The molecule has 0 bridgehead atoms. The molecule has 70 heavy (non-hydrogen) atoms. The number of β-amino-alcohol motifs (C(OH)–C–C–N with tert-alkyl or cyclic N) is 1. The van der Waals surface area contributed by atoms with Gasteiger partial charge in [-0.15, -0.1) is 11.3 Å². The number of thiazole rings is 1. The molecule has 2 aromatic carbocycles. The number of benzene rings is 2. The van der Waals surface area contributed by atoms with Gasteiger partial charge in [0.05, 0.1) is 46.5 Å². The van der Waals surface area contributed by atoms with Crippen molar-refractivity contribution in [3.63, 3.8) is 0 Å². The van der Waals surface area contributed by atoms with Crippen LogP contribution in [0.5, 0.6) is 5.75 Å². The Hall–Kier alpha value is -5.73. The third-order valence-corrected chi connectivity index (χ3v) is 15.7. The molecule has 0 unspecified atom stereocenters. The Balaban J connectivity index is 0.831. The Morgan fingerprint density at radius 1 is 0.957 bits per heavy atom. The van der Waals surface area contributed by atoms with E-state index in [4.69, 9.17) is 14.5 Å². The largest absolute Gasteiger partial charge is 0.489 e. The minimum atomic E-state index is -0.959. The molecule has 4 heterocycles. The van der Waals surface area contributed by atoms with Crippen molar-refractivity contribution in [3.8, 4) is 22.3 Å². The second kappa shape index (κ2) is 21.3. The molecule has 15 nitrogen and oxygen atoms in total. The van der Waals surface area contributed by atoms with Crippen molar-refractivity contribution in [3.05, 3.63) is 94.3 Å². The maximum Gasteiger partial charge on any atom is 0.246 e. The average Bonchev–Trinajstić information content (AvgIpc) is 3.95. The van der Waals surface area contributed by atoms with E-state index in [2.05, 4.69) is 59.2 Å². The number of nitrogens with one attached hydrogen (secondary N) is 2. The molecule has 4 aromatic rings. The van der Waals surface area contributed by atoms with Crippen LogP contribution in [0.4, 0.5) is 5.82 Å². The van der Waals surface area contributed by atoms with Crippen LogP contribution in [0.25, 0.3) is 10.4 Å². The number of nitriles is 1. The summed E-state index contributed by atoms with van der Waals surface area (Å²) in [6, 6.07) is 17.3. The number of Topliss-reactive ketones (excluding diaryl/α,β-unsaturated/α-hetero) is 1. The summed E-state index contributed by atoms with van der Waals surface area (Å²) in [5.41, 5.74) is 5.64. The zero-order valence-corrected chi connectivity index (χ0v) is 43.2. The molecule has 3 amide bonds. The monoisotopic (exact) mass is 975 g/mol. The summed E-state index contributed by atoms with van der Waals surface area (Å²) in [5.74, 6) is 0.473. The van der Waals surface area contributed by atoms with E-state index in [0.29, 0.717) is 30.7 Å². The highest BCUT2D eigenvalue weighted by molar-refractivity contribution is 7.13. The number of aromatic nitrogens is 2. The van der Waals surface area contributed by atoms with Crippen LogP contribution in [0.2, 0.25) is 0 Å². The summed E-state index contributed by atoms with van der Waals surface area (Å²) < 4.78 is 12.3. The van der Waals surface area contributed by atoms with Crippen molar-refractivity contribution in [1.82, 2.24) is 30.4 Å². The van der Waals surface area contributed by atoms with Crippen molar-refractivity contribution >= 4 is 40.7 Å². The summed E-state index contributed by atoms with van der Waals surface area (Å²) >= 11 is 1.58. The highest BCUT2D eigenvalue weighted by Gasteiger charge is 2.63. The first kappa shape index (κ1) is 52.1. The number of aryl methyl sites for hydroxylation is 2. The lowest BCUT2D eigenvalue weighted by Crippen LogP contribution is -2.66. The number of aliphatic hydroxyl groups excluding tert-OH is 1. The quantitative estimate of drug-likeness (QED) is 0.0734. The molecule has 2 aromatic heterocycles. The van der Waals surface area contributed by atoms with Crippen LogP contribution in [0.3, 0.4) is 0 Å². The first-order chi connectivity index (χ1) is 33.1. The molecule has 374 valence electrons. The molecular formula is C54H70N8O7S. The zero-order valence-electron chi connectivity index (χ0n) is 42.4. The van der Waals surface area contributed by atoms with Crippen molar-refractivity contribution in [2.24, 2.45) is 22.2 Å². The van der Waals surface area contributed by atoms with Gasteiger partial charge in [0.2, 0.25) is 17.7 Å². The predicted molar refractivity (Wildman–Crippen MR) is 270 cm³/mol. The number of nitrogens with zero attached hydrogens (tertiary/aromatic N) is 6. The van der Waals surface area contributed by atoms with Gasteiger partial charge in [0.15, 0.2) is 5.78 Å². The van der Waals surface area contributed by atoms with Gasteiger partial charge in [-0.2, -0.15) is 5.26 Å². The molecular weight excluding hydrogens is 905 g/mol. The minimum Gasteiger partial charge on any atom is -0.489 e. The van der Waals surface area contributed by atoms with Gasteiger partial charge < -0.3 is 35.0 Å². The fourth-order valence-electron chi connectivity index (χ4n) is 10.8. The number of ether oxygens (including phenoxy) is 2. The van der Waals surface area contributed by atoms with Crippen LogP contribution >= 0.6 is 11.3 Å². The van der Waals surface area contributed by atoms with E-state index in [1.807, 2.05) is 95.6 Å². The van der Waals surface area contributed by atoms with Gasteiger partial charge in [0, 0.05) is 74.7 Å². The number of amides is 3. The number of likely N-dealkylation sites (tertiary alicyclic amines) is 1. The lowest BCUT2D eigenvalue weighted by atomic mass is 9.44. The van der Waals surface area contributed by atoms with Crippen LogP contribution in [0, 0.1) is 47.3 Å². The van der Waals surface area contributed by atoms with Gasteiger partial charge >= 0.3 is 0 Å². The molecule has 1 aliphatic carbocycles. The topological polar surface area (TPSA) is 190 Å². The number of aliphatic hydroxyl groups is 1.